The van der Waals surface area contributed by atoms with Gasteiger partial charge in [0.25, 0.3) is 0 Å². The Labute approximate surface area is 309 Å². The lowest BCUT2D eigenvalue weighted by molar-refractivity contribution is 1.28. The van der Waals surface area contributed by atoms with Crippen molar-refractivity contribution in [3.63, 3.8) is 0 Å². The Bertz CT molecular complexity index is 2920. The van der Waals surface area contributed by atoms with Crippen LogP contribution in [0.25, 0.3) is 76.5 Å². The highest BCUT2D eigenvalue weighted by Gasteiger charge is 2.16. The second-order valence-corrected chi connectivity index (χ2v) is 13.7. The van der Waals surface area contributed by atoms with Gasteiger partial charge in [-0.2, -0.15) is 0 Å². The second-order valence-electron chi connectivity index (χ2n) is 13.7. The summed E-state index contributed by atoms with van der Waals surface area (Å²) >= 11 is 0. The van der Waals surface area contributed by atoms with Crippen molar-refractivity contribution in [1.29, 1.82) is 0 Å². The van der Waals surface area contributed by atoms with Crippen LogP contribution in [0, 0.1) is 0 Å². The van der Waals surface area contributed by atoms with Crippen LogP contribution < -0.4 is 4.90 Å². The maximum atomic E-state index is 2.37. The lowest BCUT2D eigenvalue weighted by atomic mass is 9.90. The molecule has 1 nitrogen and oxygen atoms in total. The number of nitrogens with zero attached hydrogens (tertiary/aromatic N) is 1. The highest BCUT2D eigenvalue weighted by molar-refractivity contribution is 6.23. The summed E-state index contributed by atoms with van der Waals surface area (Å²) in [7, 11) is 0. The van der Waals surface area contributed by atoms with Crippen LogP contribution in [0.2, 0.25) is 0 Å². The molecule has 0 saturated heterocycles. The molecule has 248 valence electrons. The van der Waals surface area contributed by atoms with Gasteiger partial charge in [-0.1, -0.05) is 170 Å². The van der Waals surface area contributed by atoms with Gasteiger partial charge in [0.2, 0.25) is 0 Å². The van der Waals surface area contributed by atoms with Gasteiger partial charge in [0, 0.05) is 17.1 Å². The Hall–Kier alpha value is -6.96. The third-order valence-corrected chi connectivity index (χ3v) is 10.6. The first-order valence-electron chi connectivity index (χ1n) is 18.3. The Morgan fingerprint density at radius 3 is 1.53 bits per heavy atom. The molecule has 0 N–H and O–H groups in total. The molecule has 0 aliphatic carbocycles. The van der Waals surface area contributed by atoms with Crippen molar-refractivity contribution >= 4 is 60.2 Å². The van der Waals surface area contributed by atoms with Crippen LogP contribution in [0.5, 0.6) is 0 Å². The number of hydrogen-bond donors (Lipinski definition) is 0. The van der Waals surface area contributed by atoms with E-state index in [0.717, 1.165) is 17.1 Å². The van der Waals surface area contributed by atoms with Crippen molar-refractivity contribution < 1.29 is 0 Å². The van der Waals surface area contributed by atoms with Gasteiger partial charge in [-0.25, -0.2) is 0 Å². The summed E-state index contributed by atoms with van der Waals surface area (Å²) in [5.41, 5.74) is 10.6. The van der Waals surface area contributed by atoms with E-state index in [9.17, 15) is 0 Å². The normalized spacial score (nSPS) is 11.4. The van der Waals surface area contributed by atoms with E-state index in [-0.39, 0.29) is 0 Å². The SMILES string of the molecule is c1ccc(-c2ccc(N(c3ccc(-c4cc5ccc6ccccc6c5c5ccccc45)cc3)c3cccc(-c4cccc5ccccc45)c3)cc2)cc1. The third-order valence-electron chi connectivity index (χ3n) is 10.6. The minimum absolute atomic E-state index is 1.10. The van der Waals surface area contributed by atoms with Gasteiger partial charge in [-0.05, 0) is 119 Å². The van der Waals surface area contributed by atoms with Gasteiger partial charge in [0.15, 0.2) is 0 Å². The highest BCUT2D eigenvalue weighted by Crippen LogP contribution is 2.42. The zero-order valence-electron chi connectivity index (χ0n) is 29.2. The van der Waals surface area contributed by atoms with Crippen molar-refractivity contribution in [2.24, 2.45) is 0 Å². The Balaban J connectivity index is 1.10. The fourth-order valence-electron chi connectivity index (χ4n) is 8.08. The van der Waals surface area contributed by atoms with Crippen molar-refractivity contribution in [2.75, 3.05) is 4.90 Å². The zero-order valence-corrected chi connectivity index (χ0v) is 29.2. The van der Waals surface area contributed by atoms with Gasteiger partial charge >= 0.3 is 0 Å². The molecule has 0 aliphatic heterocycles. The maximum Gasteiger partial charge on any atom is 0.0467 e. The predicted octanol–water partition coefficient (Wildman–Crippen LogP) is 14.8. The first-order chi connectivity index (χ1) is 26.3. The first-order valence-corrected chi connectivity index (χ1v) is 18.3. The van der Waals surface area contributed by atoms with Crippen LogP contribution in [0.4, 0.5) is 17.1 Å². The van der Waals surface area contributed by atoms with Crippen LogP contribution in [0.1, 0.15) is 0 Å². The fraction of sp³-hybridized carbons (Fsp3) is 0. The smallest absolute Gasteiger partial charge is 0.0467 e. The van der Waals surface area contributed by atoms with E-state index in [1.165, 1.54) is 76.5 Å². The lowest BCUT2D eigenvalue weighted by Gasteiger charge is -2.26. The van der Waals surface area contributed by atoms with Crippen LogP contribution in [-0.4, -0.2) is 0 Å². The minimum Gasteiger partial charge on any atom is -0.310 e. The summed E-state index contributed by atoms with van der Waals surface area (Å²) < 4.78 is 0. The van der Waals surface area contributed by atoms with Crippen molar-refractivity contribution in [1.82, 2.24) is 0 Å². The Morgan fingerprint density at radius 2 is 0.774 bits per heavy atom. The number of rotatable bonds is 6. The average Bonchev–Trinajstić information content (AvgIpc) is 3.24. The largest absolute Gasteiger partial charge is 0.310 e. The summed E-state index contributed by atoms with van der Waals surface area (Å²) in [6.07, 6.45) is 0. The number of anilines is 3. The molecule has 1 heteroatoms. The molecule has 0 bridgehead atoms. The monoisotopic (exact) mass is 673 g/mol. The van der Waals surface area contributed by atoms with E-state index in [2.05, 4.69) is 217 Å². The average molecular weight is 674 g/mol. The molecule has 0 unspecified atom stereocenters. The van der Waals surface area contributed by atoms with E-state index in [4.69, 9.17) is 0 Å². The third kappa shape index (κ3) is 5.51. The Kier molecular flexibility index (Phi) is 7.55. The molecule has 10 aromatic rings. The molecule has 0 aliphatic rings. The van der Waals surface area contributed by atoms with Gasteiger partial charge in [0.05, 0.1) is 0 Å². The van der Waals surface area contributed by atoms with Crippen LogP contribution >= 0.6 is 0 Å². The molecule has 0 spiro atoms. The molecule has 10 rings (SSSR count). The van der Waals surface area contributed by atoms with E-state index in [0.29, 0.717) is 0 Å². The quantitative estimate of drug-likeness (QED) is 0.159. The molecule has 53 heavy (non-hydrogen) atoms. The van der Waals surface area contributed by atoms with Crippen LogP contribution in [0.15, 0.2) is 212 Å². The molecule has 0 saturated carbocycles. The summed E-state index contributed by atoms with van der Waals surface area (Å²) in [5.74, 6) is 0. The summed E-state index contributed by atoms with van der Waals surface area (Å²) in [6, 6.07) is 77.2. The molecule has 10 aromatic carbocycles. The van der Waals surface area contributed by atoms with E-state index in [1.807, 2.05) is 0 Å². The molecular formula is C52H35N. The van der Waals surface area contributed by atoms with E-state index in [1.54, 1.807) is 0 Å². The van der Waals surface area contributed by atoms with Gasteiger partial charge < -0.3 is 4.90 Å². The van der Waals surface area contributed by atoms with E-state index >= 15 is 0 Å². The molecule has 0 amide bonds. The molecule has 0 atom stereocenters. The summed E-state index contributed by atoms with van der Waals surface area (Å²) in [4.78, 5) is 2.37. The van der Waals surface area contributed by atoms with Crippen LogP contribution in [0.3, 0.4) is 0 Å². The summed E-state index contributed by atoms with van der Waals surface area (Å²) in [6.45, 7) is 0. The molecule has 0 fully saturated rings. The first kappa shape index (κ1) is 30.8. The lowest BCUT2D eigenvalue weighted by Crippen LogP contribution is -2.10. The van der Waals surface area contributed by atoms with Gasteiger partial charge in [0.1, 0.15) is 0 Å². The summed E-state index contributed by atoms with van der Waals surface area (Å²) in [5, 5.41) is 10.2. The zero-order chi connectivity index (χ0) is 35.1. The predicted molar refractivity (Wildman–Crippen MR) is 227 cm³/mol. The molecule has 0 radical (unpaired) electrons. The fourth-order valence-corrected chi connectivity index (χ4v) is 8.08. The Morgan fingerprint density at radius 1 is 0.245 bits per heavy atom. The van der Waals surface area contributed by atoms with Crippen molar-refractivity contribution in [3.05, 3.63) is 212 Å². The van der Waals surface area contributed by atoms with Gasteiger partial charge in [-0.3, -0.25) is 0 Å². The number of hydrogen-bond acceptors (Lipinski definition) is 1. The highest BCUT2D eigenvalue weighted by atomic mass is 15.1. The second kappa shape index (κ2) is 13.0. The molecule has 0 aromatic heterocycles. The standard InChI is InChI=1S/C52H35N/c1-2-12-36(13-3-1)37-26-30-43(31-27-37)53(45-18-10-17-41(34-45)47-23-11-16-38-14-4-6-19-46(38)47)44-32-28-40(29-33-44)51-35-42-25-24-39-15-5-7-20-48(39)52(42)50-22-9-8-21-49(50)51/h1-35H. The molecular weight excluding hydrogens is 639 g/mol. The van der Waals surface area contributed by atoms with E-state index < -0.39 is 0 Å². The maximum absolute atomic E-state index is 2.37. The molecule has 0 heterocycles. The topological polar surface area (TPSA) is 3.24 Å². The minimum atomic E-state index is 1.10. The number of benzene rings is 10. The van der Waals surface area contributed by atoms with Crippen molar-refractivity contribution in [3.8, 4) is 33.4 Å². The van der Waals surface area contributed by atoms with Gasteiger partial charge in [-0.15, -0.1) is 0 Å². The van der Waals surface area contributed by atoms with Crippen molar-refractivity contribution in [2.45, 2.75) is 0 Å². The number of fused-ring (bicyclic) bond motifs is 6. The van der Waals surface area contributed by atoms with Crippen LogP contribution in [-0.2, 0) is 0 Å².